The first-order valence-electron chi connectivity index (χ1n) is 4.73. The van der Waals surface area contributed by atoms with Crippen LogP contribution in [0.1, 0.15) is 24.2 Å². The molecule has 1 aromatic heterocycles. The lowest BCUT2D eigenvalue weighted by atomic mass is 10.1. The summed E-state index contributed by atoms with van der Waals surface area (Å²) in [5.74, 6) is -0.00690. The van der Waals surface area contributed by atoms with E-state index in [1.165, 1.54) is 0 Å². The summed E-state index contributed by atoms with van der Waals surface area (Å²) in [6.45, 7) is 4.02. The van der Waals surface area contributed by atoms with Crippen LogP contribution in [0.3, 0.4) is 0 Å². The summed E-state index contributed by atoms with van der Waals surface area (Å²) in [6.07, 6.45) is 3.25. The van der Waals surface area contributed by atoms with Crippen molar-refractivity contribution in [3.05, 3.63) is 30.1 Å². The second-order valence-corrected chi connectivity index (χ2v) is 4.61. The van der Waals surface area contributed by atoms with Gasteiger partial charge in [-0.3, -0.25) is 9.78 Å². The van der Waals surface area contributed by atoms with E-state index in [9.17, 15) is 4.79 Å². The molecule has 0 unspecified atom stereocenters. The molecule has 0 N–H and O–H groups in total. The number of carbonyl (C=O) groups is 1. The Kier molecular flexibility index (Phi) is 3.85. The first-order chi connectivity index (χ1) is 6.99. The van der Waals surface area contributed by atoms with Gasteiger partial charge in [0.1, 0.15) is 0 Å². The highest BCUT2D eigenvalue weighted by molar-refractivity contribution is 9.09. The number of rotatable bonds is 3. The van der Waals surface area contributed by atoms with Crippen molar-refractivity contribution in [2.45, 2.75) is 19.4 Å². The summed E-state index contributed by atoms with van der Waals surface area (Å²) in [7, 11) is 1.80. The first kappa shape index (κ1) is 12.2. The molecule has 1 amide bonds. The Morgan fingerprint density at radius 2 is 2.27 bits per heavy atom. The minimum absolute atomic E-state index is 0.00690. The third-order valence-electron chi connectivity index (χ3n) is 2.45. The van der Waals surface area contributed by atoms with Gasteiger partial charge < -0.3 is 4.90 Å². The Hall–Kier alpha value is -0.900. The number of alkyl halides is 1. The van der Waals surface area contributed by atoms with Crippen LogP contribution in [-0.4, -0.2) is 33.7 Å². The van der Waals surface area contributed by atoms with Crippen LogP contribution >= 0.6 is 15.9 Å². The van der Waals surface area contributed by atoms with Crippen LogP contribution in [0.5, 0.6) is 0 Å². The number of halogens is 1. The molecule has 0 fully saturated rings. The van der Waals surface area contributed by atoms with E-state index >= 15 is 0 Å². The molecule has 0 aliphatic rings. The average molecular weight is 271 g/mol. The van der Waals surface area contributed by atoms with Gasteiger partial charge in [0.05, 0.1) is 5.56 Å². The molecular formula is C11H15BrN2O. The Balaban J connectivity index is 2.87. The summed E-state index contributed by atoms with van der Waals surface area (Å²) in [6, 6.07) is 3.54. The van der Waals surface area contributed by atoms with Gasteiger partial charge in [0.25, 0.3) is 5.91 Å². The minimum Gasteiger partial charge on any atom is -0.336 e. The zero-order chi connectivity index (χ0) is 11.5. The summed E-state index contributed by atoms with van der Waals surface area (Å²) >= 11 is 3.40. The van der Waals surface area contributed by atoms with Crippen molar-refractivity contribution >= 4 is 21.8 Å². The number of aromatic nitrogens is 1. The van der Waals surface area contributed by atoms with Crippen LogP contribution in [0.4, 0.5) is 0 Å². The van der Waals surface area contributed by atoms with Crippen molar-refractivity contribution in [3.63, 3.8) is 0 Å². The molecule has 0 aromatic carbocycles. The number of amides is 1. The lowest BCUT2D eigenvalue weighted by molar-refractivity contribution is 0.0663. The van der Waals surface area contributed by atoms with E-state index in [2.05, 4.69) is 20.9 Å². The number of pyridine rings is 1. The second kappa shape index (κ2) is 4.75. The molecule has 15 heavy (non-hydrogen) atoms. The van der Waals surface area contributed by atoms with Crippen molar-refractivity contribution in [1.82, 2.24) is 9.88 Å². The summed E-state index contributed by atoms with van der Waals surface area (Å²) < 4.78 is 0. The van der Waals surface area contributed by atoms with Crippen LogP contribution in [0.15, 0.2) is 24.5 Å². The third-order valence-corrected chi connectivity index (χ3v) is 3.82. The zero-order valence-electron chi connectivity index (χ0n) is 9.20. The molecule has 0 spiro atoms. The van der Waals surface area contributed by atoms with Crippen molar-refractivity contribution in [1.29, 1.82) is 0 Å². The zero-order valence-corrected chi connectivity index (χ0v) is 10.8. The summed E-state index contributed by atoms with van der Waals surface area (Å²) in [4.78, 5) is 17.7. The minimum atomic E-state index is -0.201. The fraction of sp³-hybridized carbons (Fsp3) is 0.455. The SMILES string of the molecule is CN(C(=O)c1cccnc1)C(C)(C)CBr. The molecule has 1 rings (SSSR count). The van der Waals surface area contributed by atoms with Gasteiger partial charge in [-0.25, -0.2) is 0 Å². The van der Waals surface area contributed by atoms with Crippen LogP contribution in [0, 0.1) is 0 Å². The monoisotopic (exact) mass is 270 g/mol. The van der Waals surface area contributed by atoms with E-state index in [-0.39, 0.29) is 11.4 Å². The predicted octanol–water partition coefficient (Wildman–Crippen LogP) is 2.33. The van der Waals surface area contributed by atoms with Crippen molar-refractivity contribution < 1.29 is 4.79 Å². The maximum Gasteiger partial charge on any atom is 0.255 e. The van der Waals surface area contributed by atoms with Gasteiger partial charge in [0.2, 0.25) is 0 Å². The van der Waals surface area contributed by atoms with E-state index < -0.39 is 0 Å². The smallest absolute Gasteiger partial charge is 0.255 e. The van der Waals surface area contributed by atoms with Gasteiger partial charge in [-0.15, -0.1) is 0 Å². The molecule has 0 bridgehead atoms. The third kappa shape index (κ3) is 2.78. The van der Waals surface area contributed by atoms with Gasteiger partial charge in [-0.2, -0.15) is 0 Å². The Bertz CT molecular complexity index is 338. The lowest BCUT2D eigenvalue weighted by Gasteiger charge is -2.34. The molecule has 0 radical (unpaired) electrons. The van der Waals surface area contributed by atoms with Crippen LogP contribution < -0.4 is 0 Å². The molecule has 1 aromatic rings. The molecule has 0 saturated heterocycles. The fourth-order valence-electron chi connectivity index (χ4n) is 1.05. The molecule has 0 aliphatic carbocycles. The standard InChI is InChI=1S/C11H15BrN2O/c1-11(2,8-12)14(3)10(15)9-5-4-6-13-7-9/h4-7H,8H2,1-3H3. The molecule has 3 nitrogen and oxygen atoms in total. The van der Waals surface area contributed by atoms with Crippen molar-refractivity contribution in [3.8, 4) is 0 Å². The molecule has 1 heterocycles. The van der Waals surface area contributed by atoms with E-state index in [1.54, 1.807) is 36.5 Å². The highest BCUT2D eigenvalue weighted by Crippen LogP contribution is 2.17. The molecular weight excluding hydrogens is 256 g/mol. The van der Waals surface area contributed by atoms with Crippen LogP contribution in [0.2, 0.25) is 0 Å². The van der Waals surface area contributed by atoms with E-state index in [1.807, 2.05) is 13.8 Å². The van der Waals surface area contributed by atoms with Gasteiger partial charge in [0, 0.05) is 30.3 Å². The molecule has 0 saturated carbocycles. The van der Waals surface area contributed by atoms with E-state index in [0.717, 1.165) is 5.33 Å². The molecule has 0 atom stereocenters. The van der Waals surface area contributed by atoms with Gasteiger partial charge >= 0.3 is 0 Å². The van der Waals surface area contributed by atoms with E-state index in [0.29, 0.717) is 5.56 Å². The van der Waals surface area contributed by atoms with Crippen LogP contribution in [-0.2, 0) is 0 Å². The summed E-state index contributed by atoms with van der Waals surface area (Å²) in [5.41, 5.74) is 0.418. The van der Waals surface area contributed by atoms with Crippen LogP contribution in [0.25, 0.3) is 0 Å². The number of nitrogens with zero attached hydrogens (tertiary/aromatic N) is 2. The maximum absolute atomic E-state index is 12.0. The normalized spacial score (nSPS) is 11.2. The summed E-state index contributed by atoms with van der Waals surface area (Å²) in [5, 5.41) is 0.739. The lowest BCUT2D eigenvalue weighted by Crippen LogP contribution is -2.46. The highest BCUT2D eigenvalue weighted by atomic mass is 79.9. The number of hydrogen-bond donors (Lipinski definition) is 0. The quantitative estimate of drug-likeness (QED) is 0.790. The predicted molar refractivity (Wildman–Crippen MR) is 64.2 cm³/mol. The largest absolute Gasteiger partial charge is 0.336 e. The molecule has 82 valence electrons. The number of hydrogen-bond acceptors (Lipinski definition) is 2. The van der Waals surface area contributed by atoms with E-state index in [4.69, 9.17) is 0 Å². The fourth-order valence-corrected chi connectivity index (χ4v) is 1.42. The molecule has 0 aliphatic heterocycles. The van der Waals surface area contributed by atoms with Crippen molar-refractivity contribution in [2.24, 2.45) is 0 Å². The maximum atomic E-state index is 12.0. The average Bonchev–Trinajstić information content (AvgIpc) is 2.28. The Morgan fingerprint density at radius 3 is 2.73 bits per heavy atom. The first-order valence-corrected chi connectivity index (χ1v) is 5.85. The number of carbonyl (C=O) groups excluding carboxylic acids is 1. The Morgan fingerprint density at radius 1 is 1.60 bits per heavy atom. The van der Waals surface area contributed by atoms with Gasteiger partial charge in [-0.05, 0) is 26.0 Å². The Labute approximate surface area is 98.6 Å². The highest BCUT2D eigenvalue weighted by Gasteiger charge is 2.27. The topological polar surface area (TPSA) is 33.2 Å². The van der Waals surface area contributed by atoms with Gasteiger partial charge in [0.15, 0.2) is 0 Å². The van der Waals surface area contributed by atoms with Gasteiger partial charge in [-0.1, -0.05) is 15.9 Å². The van der Waals surface area contributed by atoms with Crippen molar-refractivity contribution in [2.75, 3.05) is 12.4 Å². The second-order valence-electron chi connectivity index (χ2n) is 4.05. The molecule has 4 heteroatoms.